The summed E-state index contributed by atoms with van der Waals surface area (Å²) in [5.74, 6) is 1.77. The van der Waals surface area contributed by atoms with E-state index >= 15 is 0 Å². The van der Waals surface area contributed by atoms with Crippen LogP contribution in [0.25, 0.3) is 12.2 Å². The van der Waals surface area contributed by atoms with Crippen molar-refractivity contribution in [3.05, 3.63) is 89.0 Å². The molecule has 4 rings (SSSR count). The number of methoxy groups -OCH3 is 2. The summed E-state index contributed by atoms with van der Waals surface area (Å²) in [5.41, 5.74) is 3.41. The molecule has 36 heavy (non-hydrogen) atoms. The van der Waals surface area contributed by atoms with Crippen LogP contribution in [0.4, 0.5) is 0 Å². The summed E-state index contributed by atoms with van der Waals surface area (Å²) in [5, 5.41) is 9.38. The van der Waals surface area contributed by atoms with Crippen molar-refractivity contribution in [2.75, 3.05) is 14.2 Å². The minimum absolute atomic E-state index is 0.161. The van der Waals surface area contributed by atoms with E-state index in [1.807, 2.05) is 37.3 Å². The van der Waals surface area contributed by atoms with Gasteiger partial charge in [0.15, 0.2) is 23.0 Å². The van der Waals surface area contributed by atoms with Crippen molar-refractivity contribution >= 4 is 18.1 Å². The molecule has 0 aromatic heterocycles. The van der Waals surface area contributed by atoms with Crippen LogP contribution in [0.5, 0.6) is 28.7 Å². The molecule has 1 aliphatic heterocycles. The van der Waals surface area contributed by atoms with E-state index < -0.39 is 5.97 Å². The molecule has 0 fully saturated rings. The molecule has 0 amide bonds. The smallest absolute Gasteiger partial charge is 0.336 e. The Morgan fingerprint density at radius 2 is 1.64 bits per heavy atom. The molecule has 1 heterocycles. The van der Waals surface area contributed by atoms with Crippen LogP contribution >= 0.6 is 0 Å². The minimum Gasteiger partial charge on any atom is -0.508 e. The SMILES string of the molecule is C/C=C/c1cc(OC)c2c(c1)C(C)(C)[C@H](c1ccc(OC(=O)/C=C/c3ccc(O)cc3)c(OC)c1)O2. The van der Waals surface area contributed by atoms with Crippen molar-refractivity contribution in [3.8, 4) is 28.7 Å². The number of fused-ring (bicyclic) bond motifs is 1. The summed E-state index contributed by atoms with van der Waals surface area (Å²) in [6.45, 7) is 6.25. The zero-order chi connectivity index (χ0) is 25.9. The number of carbonyl (C=O) groups is 1. The molecular formula is C30H30O6. The molecule has 3 aromatic rings. The van der Waals surface area contributed by atoms with Crippen LogP contribution in [-0.4, -0.2) is 25.3 Å². The molecule has 3 aromatic carbocycles. The molecule has 0 bridgehead atoms. The molecule has 0 aliphatic carbocycles. The molecular weight excluding hydrogens is 456 g/mol. The molecule has 0 saturated carbocycles. The maximum absolute atomic E-state index is 12.4. The van der Waals surface area contributed by atoms with Gasteiger partial charge in [-0.05, 0) is 66.1 Å². The van der Waals surface area contributed by atoms with Gasteiger partial charge in [-0.1, -0.05) is 44.2 Å². The molecule has 0 unspecified atom stereocenters. The van der Waals surface area contributed by atoms with Gasteiger partial charge in [0.1, 0.15) is 11.9 Å². The molecule has 1 atom stereocenters. The molecule has 0 spiro atoms. The van der Waals surface area contributed by atoms with Gasteiger partial charge in [-0.3, -0.25) is 0 Å². The van der Waals surface area contributed by atoms with Crippen LogP contribution in [0.1, 0.15) is 49.1 Å². The average molecular weight is 487 g/mol. The highest BCUT2D eigenvalue weighted by Crippen LogP contribution is 2.54. The van der Waals surface area contributed by atoms with E-state index in [1.54, 1.807) is 43.5 Å². The summed E-state index contributed by atoms with van der Waals surface area (Å²) in [7, 11) is 3.17. The van der Waals surface area contributed by atoms with Crippen molar-refractivity contribution < 1.29 is 28.8 Å². The second-order valence-electron chi connectivity index (χ2n) is 9.08. The zero-order valence-corrected chi connectivity index (χ0v) is 21.1. The lowest BCUT2D eigenvalue weighted by Crippen LogP contribution is -2.24. The molecule has 186 valence electrons. The Kier molecular flexibility index (Phi) is 7.06. The van der Waals surface area contributed by atoms with E-state index in [4.69, 9.17) is 18.9 Å². The Hall–Kier alpha value is -4.19. The van der Waals surface area contributed by atoms with Crippen molar-refractivity contribution in [2.24, 2.45) is 0 Å². The van der Waals surface area contributed by atoms with Gasteiger partial charge in [-0.15, -0.1) is 0 Å². The highest BCUT2D eigenvalue weighted by molar-refractivity contribution is 5.89. The first-order valence-electron chi connectivity index (χ1n) is 11.7. The van der Waals surface area contributed by atoms with Crippen LogP contribution in [-0.2, 0) is 10.2 Å². The number of hydrogen-bond donors (Lipinski definition) is 1. The van der Waals surface area contributed by atoms with E-state index in [2.05, 4.69) is 19.9 Å². The number of hydrogen-bond acceptors (Lipinski definition) is 6. The fraction of sp³-hybridized carbons (Fsp3) is 0.233. The number of aromatic hydroxyl groups is 1. The molecule has 6 nitrogen and oxygen atoms in total. The second kappa shape index (κ2) is 10.2. The van der Waals surface area contributed by atoms with Gasteiger partial charge in [-0.25, -0.2) is 4.79 Å². The standard InChI is InChI=1S/C30H30O6/c1-6-7-20-16-23-28(26(17-20)34-5)36-29(30(23,2)3)21-11-14-24(25(18-21)33-4)35-27(32)15-10-19-8-12-22(31)13-9-19/h6-18,29,31H,1-5H3/b7-6+,15-10+/t29-/m0/s1. The van der Waals surface area contributed by atoms with Crippen LogP contribution in [0.3, 0.4) is 0 Å². The fourth-order valence-corrected chi connectivity index (χ4v) is 4.38. The Bertz CT molecular complexity index is 1320. The number of rotatable bonds is 7. The number of esters is 1. The number of benzene rings is 3. The van der Waals surface area contributed by atoms with Crippen LogP contribution in [0, 0.1) is 0 Å². The van der Waals surface area contributed by atoms with Crippen molar-refractivity contribution in [1.29, 1.82) is 0 Å². The van der Waals surface area contributed by atoms with Crippen molar-refractivity contribution in [2.45, 2.75) is 32.3 Å². The molecule has 1 aliphatic rings. The van der Waals surface area contributed by atoms with Gasteiger partial charge in [0.2, 0.25) is 0 Å². The van der Waals surface area contributed by atoms with Gasteiger partial charge in [0.05, 0.1) is 14.2 Å². The Morgan fingerprint density at radius 1 is 0.917 bits per heavy atom. The lowest BCUT2D eigenvalue weighted by atomic mass is 9.78. The molecule has 0 radical (unpaired) electrons. The summed E-state index contributed by atoms with van der Waals surface area (Å²) in [4.78, 5) is 12.4. The van der Waals surface area contributed by atoms with E-state index in [9.17, 15) is 9.90 Å². The first kappa shape index (κ1) is 24.9. The van der Waals surface area contributed by atoms with Gasteiger partial charge in [0, 0.05) is 17.1 Å². The van der Waals surface area contributed by atoms with Crippen LogP contribution in [0.2, 0.25) is 0 Å². The Morgan fingerprint density at radius 3 is 2.31 bits per heavy atom. The topological polar surface area (TPSA) is 74.2 Å². The van der Waals surface area contributed by atoms with Gasteiger partial charge >= 0.3 is 5.97 Å². The maximum Gasteiger partial charge on any atom is 0.336 e. The Balaban J connectivity index is 1.58. The third-order valence-electron chi connectivity index (χ3n) is 6.25. The van der Waals surface area contributed by atoms with E-state index in [1.165, 1.54) is 13.2 Å². The normalized spacial score (nSPS) is 16.1. The highest BCUT2D eigenvalue weighted by atomic mass is 16.6. The highest BCUT2D eigenvalue weighted by Gasteiger charge is 2.44. The number of allylic oxidation sites excluding steroid dienone is 1. The van der Waals surface area contributed by atoms with Gasteiger partial charge < -0.3 is 24.1 Å². The van der Waals surface area contributed by atoms with Crippen molar-refractivity contribution in [1.82, 2.24) is 0 Å². The van der Waals surface area contributed by atoms with Crippen LogP contribution in [0.15, 0.2) is 66.7 Å². The van der Waals surface area contributed by atoms with E-state index in [-0.39, 0.29) is 17.3 Å². The largest absolute Gasteiger partial charge is 0.508 e. The van der Waals surface area contributed by atoms with Crippen molar-refractivity contribution in [3.63, 3.8) is 0 Å². The third-order valence-corrected chi connectivity index (χ3v) is 6.25. The Labute approximate surface area is 211 Å². The predicted molar refractivity (Wildman–Crippen MR) is 140 cm³/mol. The molecule has 6 heteroatoms. The predicted octanol–water partition coefficient (Wildman–Crippen LogP) is 6.47. The lowest BCUT2D eigenvalue weighted by molar-refractivity contribution is -0.129. The van der Waals surface area contributed by atoms with E-state index in [0.29, 0.717) is 17.2 Å². The fourth-order valence-electron chi connectivity index (χ4n) is 4.38. The monoisotopic (exact) mass is 486 g/mol. The number of phenolic OH excluding ortho intramolecular Hbond substituents is 1. The first-order chi connectivity index (χ1) is 17.3. The lowest BCUT2D eigenvalue weighted by Gasteiger charge is -2.27. The van der Waals surface area contributed by atoms with Gasteiger partial charge in [0.25, 0.3) is 0 Å². The number of phenols is 1. The van der Waals surface area contributed by atoms with Crippen LogP contribution < -0.4 is 18.9 Å². The zero-order valence-electron chi connectivity index (χ0n) is 21.1. The quantitative estimate of drug-likeness (QED) is 0.234. The summed E-state index contributed by atoms with van der Waals surface area (Å²) in [6.07, 6.45) is 6.68. The summed E-state index contributed by atoms with van der Waals surface area (Å²) in [6, 6.07) is 16.0. The summed E-state index contributed by atoms with van der Waals surface area (Å²) >= 11 is 0. The summed E-state index contributed by atoms with van der Waals surface area (Å²) < 4.78 is 23.1. The first-order valence-corrected chi connectivity index (χ1v) is 11.7. The second-order valence-corrected chi connectivity index (χ2v) is 9.08. The third kappa shape index (κ3) is 4.93. The molecule has 0 saturated heterocycles. The average Bonchev–Trinajstić information content (AvgIpc) is 3.14. The van der Waals surface area contributed by atoms with E-state index in [0.717, 1.165) is 28.0 Å². The maximum atomic E-state index is 12.4. The minimum atomic E-state index is -0.541. The molecule has 1 N–H and O–H groups in total. The number of carbonyl (C=O) groups excluding carboxylic acids is 1. The van der Waals surface area contributed by atoms with Gasteiger partial charge in [-0.2, -0.15) is 0 Å². The number of ether oxygens (including phenoxy) is 4.